The lowest BCUT2D eigenvalue weighted by molar-refractivity contribution is 0.242. The van der Waals surface area contributed by atoms with Crippen LogP contribution < -0.4 is 28.7 Å². The van der Waals surface area contributed by atoms with Crippen molar-refractivity contribution in [2.45, 2.75) is 59.7 Å². The molecular weight excluding hydrogens is 512 g/mol. The molecule has 4 aromatic rings. The molecule has 4 aromatic carbocycles. The summed E-state index contributed by atoms with van der Waals surface area (Å²) in [6.45, 7) is 13.0. The monoisotopic (exact) mass is 552 g/mol. The van der Waals surface area contributed by atoms with E-state index in [1.807, 2.05) is 62.4 Å². The van der Waals surface area contributed by atoms with E-state index in [1.54, 1.807) is 14.2 Å². The smallest absolute Gasteiger partial charge is 0.131 e. The van der Waals surface area contributed by atoms with Gasteiger partial charge in [-0.25, -0.2) is 0 Å². The van der Waals surface area contributed by atoms with Crippen molar-refractivity contribution in [1.82, 2.24) is 0 Å². The van der Waals surface area contributed by atoms with Gasteiger partial charge in [-0.15, -0.1) is 0 Å². The molecule has 0 unspecified atom stereocenters. The summed E-state index contributed by atoms with van der Waals surface area (Å²) in [7, 11) is 3.37. The molecule has 0 aromatic heterocycles. The second kappa shape index (κ2) is 11.7. The van der Waals surface area contributed by atoms with Crippen molar-refractivity contribution in [2.75, 3.05) is 24.0 Å². The molecule has 6 nitrogen and oxygen atoms in total. The van der Waals surface area contributed by atoms with E-state index in [4.69, 9.17) is 18.9 Å². The fourth-order valence-corrected chi connectivity index (χ4v) is 5.53. The summed E-state index contributed by atoms with van der Waals surface area (Å²) in [5.74, 6) is 3.87. The molecule has 0 amide bonds. The summed E-state index contributed by atoms with van der Waals surface area (Å²) >= 11 is 0. The van der Waals surface area contributed by atoms with Crippen LogP contribution in [-0.4, -0.2) is 32.4 Å². The molecule has 0 spiro atoms. The first-order valence-corrected chi connectivity index (χ1v) is 14.2. The number of benzene rings is 4. The van der Waals surface area contributed by atoms with Gasteiger partial charge in [-0.3, -0.25) is 0 Å². The van der Waals surface area contributed by atoms with Gasteiger partial charge >= 0.3 is 0 Å². The van der Waals surface area contributed by atoms with Gasteiger partial charge in [0.25, 0.3) is 0 Å². The van der Waals surface area contributed by atoms with Gasteiger partial charge in [-0.1, -0.05) is 18.2 Å². The average molecular weight is 553 g/mol. The van der Waals surface area contributed by atoms with E-state index in [-0.39, 0.29) is 18.2 Å². The van der Waals surface area contributed by atoms with Crippen LogP contribution in [0.25, 0.3) is 11.1 Å². The zero-order valence-electron chi connectivity index (χ0n) is 25.3. The van der Waals surface area contributed by atoms with Crippen LogP contribution in [-0.2, 0) is 0 Å². The van der Waals surface area contributed by atoms with Crippen LogP contribution >= 0.6 is 0 Å². The lowest BCUT2D eigenvalue weighted by Crippen LogP contribution is -2.36. The first-order chi connectivity index (χ1) is 19.7. The normalized spacial score (nSPS) is 12.5. The summed E-state index contributed by atoms with van der Waals surface area (Å²) < 4.78 is 23.7. The predicted octanol–water partition coefficient (Wildman–Crippen LogP) is 9.36. The Labute approximate surface area is 244 Å². The standard InChI is InChI=1S/C35H40N2O4/c1-22(2)36-30-18-16-28(41-27-12-9-11-26(20-27)38-7)21-32(30)37(23(3)4)29-17-15-25(19-31(29)36)35-33(39-8)13-10-14-34(35)40-24(5)6/h9-24H,1-8H3. The van der Waals surface area contributed by atoms with Gasteiger partial charge in [0.2, 0.25) is 0 Å². The molecule has 0 radical (unpaired) electrons. The van der Waals surface area contributed by atoms with E-state index in [0.29, 0.717) is 0 Å². The van der Waals surface area contributed by atoms with E-state index in [0.717, 1.165) is 62.6 Å². The molecule has 1 aliphatic rings. The maximum atomic E-state index is 6.29. The van der Waals surface area contributed by atoms with Gasteiger partial charge in [-0.05, 0) is 95.6 Å². The van der Waals surface area contributed by atoms with E-state index < -0.39 is 0 Å². The number of ether oxygens (including phenoxy) is 4. The Bertz CT molecular complexity index is 1530. The molecule has 1 aliphatic heterocycles. The molecular formula is C35H40N2O4. The number of anilines is 4. The van der Waals surface area contributed by atoms with Crippen molar-refractivity contribution in [3.8, 4) is 39.9 Å². The van der Waals surface area contributed by atoms with Crippen molar-refractivity contribution in [2.24, 2.45) is 0 Å². The number of rotatable bonds is 9. The highest BCUT2D eigenvalue weighted by atomic mass is 16.5. The maximum Gasteiger partial charge on any atom is 0.131 e. The molecule has 214 valence electrons. The van der Waals surface area contributed by atoms with E-state index >= 15 is 0 Å². The van der Waals surface area contributed by atoms with E-state index in [2.05, 4.69) is 67.8 Å². The zero-order valence-corrected chi connectivity index (χ0v) is 25.3. The predicted molar refractivity (Wildman–Crippen MR) is 168 cm³/mol. The number of hydrogen-bond donors (Lipinski definition) is 0. The van der Waals surface area contributed by atoms with Gasteiger partial charge in [-0.2, -0.15) is 0 Å². The van der Waals surface area contributed by atoms with Crippen LogP contribution in [0, 0.1) is 0 Å². The summed E-state index contributed by atoms with van der Waals surface area (Å²) in [6.07, 6.45) is 0.0438. The molecule has 0 N–H and O–H groups in total. The highest BCUT2D eigenvalue weighted by molar-refractivity contribution is 5.96. The summed E-state index contributed by atoms with van der Waals surface area (Å²) in [6, 6.07) is 27.0. The average Bonchev–Trinajstić information content (AvgIpc) is 2.94. The van der Waals surface area contributed by atoms with Crippen LogP contribution in [0.2, 0.25) is 0 Å². The maximum absolute atomic E-state index is 6.29. The fourth-order valence-electron chi connectivity index (χ4n) is 5.53. The van der Waals surface area contributed by atoms with Crippen molar-refractivity contribution in [3.05, 3.63) is 78.9 Å². The van der Waals surface area contributed by atoms with Gasteiger partial charge in [0.05, 0.1) is 48.6 Å². The number of methoxy groups -OCH3 is 2. The third-order valence-corrected chi connectivity index (χ3v) is 7.13. The van der Waals surface area contributed by atoms with Crippen molar-refractivity contribution in [3.63, 3.8) is 0 Å². The first-order valence-electron chi connectivity index (χ1n) is 14.2. The summed E-state index contributed by atoms with van der Waals surface area (Å²) in [5.41, 5.74) is 6.53. The fraction of sp³-hybridized carbons (Fsp3) is 0.314. The highest BCUT2D eigenvalue weighted by Gasteiger charge is 2.32. The molecule has 0 bridgehead atoms. The SMILES string of the molecule is COc1cccc(Oc2ccc3c(c2)N(C(C)C)c2ccc(-c4c(OC)cccc4OC(C)C)cc2N3C(C)C)c1. The Hall–Kier alpha value is -4.32. The molecule has 5 rings (SSSR count). The molecule has 0 saturated heterocycles. The molecule has 0 atom stereocenters. The Morgan fingerprint density at radius 3 is 1.76 bits per heavy atom. The second-order valence-corrected chi connectivity index (χ2v) is 11.1. The third kappa shape index (κ3) is 5.51. The molecule has 1 heterocycles. The third-order valence-electron chi connectivity index (χ3n) is 7.13. The van der Waals surface area contributed by atoms with Crippen LogP contribution in [0.3, 0.4) is 0 Å². The van der Waals surface area contributed by atoms with Crippen LogP contribution in [0.4, 0.5) is 22.7 Å². The highest BCUT2D eigenvalue weighted by Crippen LogP contribution is 2.53. The topological polar surface area (TPSA) is 43.4 Å². The van der Waals surface area contributed by atoms with Crippen molar-refractivity contribution >= 4 is 22.7 Å². The Balaban J connectivity index is 1.63. The second-order valence-electron chi connectivity index (χ2n) is 11.1. The number of hydrogen-bond acceptors (Lipinski definition) is 6. The number of fused-ring (bicyclic) bond motifs is 2. The molecule has 0 saturated carbocycles. The minimum atomic E-state index is 0.0438. The van der Waals surface area contributed by atoms with Crippen molar-refractivity contribution < 1.29 is 18.9 Å². The molecule has 41 heavy (non-hydrogen) atoms. The Kier molecular flexibility index (Phi) is 8.02. The Morgan fingerprint density at radius 2 is 1.12 bits per heavy atom. The summed E-state index contributed by atoms with van der Waals surface area (Å²) in [5, 5.41) is 0. The minimum absolute atomic E-state index is 0.0438. The molecule has 6 heteroatoms. The zero-order chi connectivity index (χ0) is 29.3. The molecule has 0 fully saturated rings. The van der Waals surface area contributed by atoms with Gasteiger partial charge in [0.15, 0.2) is 0 Å². The van der Waals surface area contributed by atoms with Crippen molar-refractivity contribution in [1.29, 1.82) is 0 Å². The number of nitrogens with zero attached hydrogens (tertiary/aromatic N) is 2. The van der Waals surface area contributed by atoms with Gasteiger partial charge in [0.1, 0.15) is 28.7 Å². The Morgan fingerprint density at radius 1 is 0.537 bits per heavy atom. The van der Waals surface area contributed by atoms with E-state index in [1.165, 1.54) is 0 Å². The minimum Gasteiger partial charge on any atom is -0.497 e. The van der Waals surface area contributed by atoms with Crippen LogP contribution in [0.1, 0.15) is 41.5 Å². The summed E-state index contributed by atoms with van der Waals surface area (Å²) in [4.78, 5) is 4.79. The van der Waals surface area contributed by atoms with Gasteiger partial charge < -0.3 is 28.7 Å². The van der Waals surface area contributed by atoms with Gasteiger partial charge in [0, 0.05) is 24.2 Å². The largest absolute Gasteiger partial charge is 0.497 e. The van der Waals surface area contributed by atoms with E-state index in [9.17, 15) is 0 Å². The van der Waals surface area contributed by atoms with Crippen LogP contribution in [0.5, 0.6) is 28.7 Å². The lowest BCUT2D eigenvalue weighted by atomic mass is 9.97. The lowest BCUT2D eigenvalue weighted by Gasteiger charge is -2.44. The molecule has 0 aliphatic carbocycles. The van der Waals surface area contributed by atoms with Crippen LogP contribution in [0.15, 0.2) is 78.9 Å². The first kappa shape index (κ1) is 28.2. The quantitative estimate of drug-likeness (QED) is 0.206.